The number of carbonyl (C=O) groups excluding carboxylic acids is 3. The fourth-order valence-corrected chi connectivity index (χ4v) is 5.29. The summed E-state index contributed by atoms with van der Waals surface area (Å²) in [5, 5.41) is 0. The minimum Gasteiger partial charge on any atom is -0.423 e. The van der Waals surface area contributed by atoms with E-state index in [1.807, 2.05) is 19.1 Å². The van der Waals surface area contributed by atoms with E-state index in [2.05, 4.69) is 0 Å². The number of aryl methyl sites for hydroxylation is 1. The number of ether oxygens (including phenoxy) is 1. The van der Waals surface area contributed by atoms with Gasteiger partial charge >= 0.3 is 5.97 Å². The van der Waals surface area contributed by atoms with Crippen LogP contribution in [0.3, 0.4) is 0 Å². The fourth-order valence-electron chi connectivity index (χ4n) is 5.29. The molecule has 0 unspecified atom stereocenters. The molecule has 1 heterocycles. The van der Waals surface area contributed by atoms with E-state index in [9.17, 15) is 14.4 Å². The number of hydrogen-bond acceptors (Lipinski definition) is 4. The maximum absolute atomic E-state index is 12.9. The first kappa shape index (κ1) is 17.2. The summed E-state index contributed by atoms with van der Waals surface area (Å²) in [5.41, 5.74) is 1.91. The molecule has 28 heavy (non-hydrogen) atoms. The monoisotopic (exact) mass is 375 g/mol. The van der Waals surface area contributed by atoms with Gasteiger partial charge in [-0.2, -0.15) is 0 Å². The van der Waals surface area contributed by atoms with Crippen molar-refractivity contribution in [3.8, 4) is 5.75 Å². The summed E-state index contributed by atoms with van der Waals surface area (Å²) in [6.45, 7) is 1.86. The predicted octanol–water partition coefficient (Wildman–Crippen LogP) is 3.75. The third kappa shape index (κ3) is 2.49. The second-order valence-electron chi connectivity index (χ2n) is 8.10. The molecular formula is C23H21NO4. The SMILES string of the molecule is Cc1ccccc1C(=O)Oc1ccc(N2C(=O)[C@@H]3[C@H]4CC[C@@H](C4)[C@@H]3C2=O)cc1. The van der Waals surface area contributed by atoms with Gasteiger partial charge in [0.1, 0.15) is 5.75 Å². The molecule has 1 aliphatic heterocycles. The molecule has 3 aliphatic rings. The minimum atomic E-state index is -0.426. The van der Waals surface area contributed by atoms with Gasteiger partial charge in [-0.1, -0.05) is 18.2 Å². The number of imide groups is 1. The van der Waals surface area contributed by atoms with E-state index in [1.54, 1.807) is 36.4 Å². The Morgan fingerprint density at radius 2 is 1.54 bits per heavy atom. The van der Waals surface area contributed by atoms with Crippen LogP contribution in [0.5, 0.6) is 5.75 Å². The van der Waals surface area contributed by atoms with E-state index in [0.29, 0.717) is 28.8 Å². The highest BCUT2D eigenvalue weighted by Crippen LogP contribution is 2.56. The summed E-state index contributed by atoms with van der Waals surface area (Å²) >= 11 is 0. The van der Waals surface area contributed by atoms with E-state index in [4.69, 9.17) is 4.74 Å². The third-order valence-corrected chi connectivity index (χ3v) is 6.60. The summed E-state index contributed by atoms with van der Waals surface area (Å²) in [6, 6.07) is 13.9. The van der Waals surface area contributed by atoms with Crippen molar-refractivity contribution in [1.29, 1.82) is 0 Å². The maximum Gasteiger partial charge on any atom is 0.343 e. The van der Waals surface area contributed by atoms with Crippen molar-refractivity contribution in [2.75, 3.05) is 4.90 Å². The Bertz CT molecular complexity index is 952. The number of rotatable bonds is 3. The van der Waals surface area contributed by atoms with Crippen molar-refractivity contribution in [3.63, 3.8) is 0 Å². The fraction of sp³-hybridized carbons (Fsp3) is 0.348. The second kappa shape index (κ2) is 6.30. The Kier molecular flexibility index (Phi) is 3.86. The molecule has 0 spiro atoms. The van der Waals surface area contributed by atoms with Crippen LogP contribution in [-0.2, 0) is 9.59 Å². The van der Waals surface area contributed by atoms with Gasteiger partial charge in [0.05, 0.1) is 23.1 Å². The lowest BCUT2D eigenvalue weighted by molar-refractivity contribution is -0.123. The van der Waals surface area contributed by atoms with Crippen LogP contribution in [0.1, 0.15) is 35.2 Å². The van der Waals surface area contributed by atoms with Crippen molar-refractivity contribution in [1.82, 2.24) is 0 Å². The number of benzene rings is 2. The van der Waals surface area contributed by atoms with Crippen molar-refractivity contribution >= 4 is 23.5 Å². The van der Waals surface area contributed by atoms with Crippen LogP contribution in [-0.4, -0.2) is 17.8 Å². The lowest BCUT2D eigenvalue weighted by atomic mass is 9.81. The van der Waals surface area contributed by atoms with Crippen molar-refractivity contribution in [2.24, 2.45) is 23.7 Å². The van der Waals surface area contributed by atoms with Crippen molar-refractivity contribution in [2.45, 2.75) is 26.2 Å². The Morgan fingerprint density at radius 3 is 2.14 bits per heavy atom. The number of hydrogen-bond donors (Lipinski definition) is 0. The molecule has 0 aromatic heterocycles. The molecule has 1 saturated heterocycles. The molecule has 0 N–H and O–H groups in total. The zero-order valence-electron chi connectivity index (χ0n) is 15.6. The number of fused-ring (bicyclic) bond motifs is 5. The Hall–Kier alpha value is -2.95. The largest absolute Gasteiger partial charge is 0.423 e. The van der Waals surface area contributed by atoms with E-state index >= 15 is 0 Å². The quantitative estimate of drug-likeness (QED) is 0.466. The van der Waals surface area contributed by atoms with Crippen LogP contribution in [0.4, 0.5) is 5.69 Å². The molecule has 2 aliphatic carbocycles. The van der Waals surface area contributed by atoms with Crippen LogP contribution in [0, 0.1) is 30.6 Å². The highest BCUT2D eigenvalue weighted by atomic mass is 16.5. The highest BCUT2D eigenvalue weighted by molar-refractivity contribution is 6.22. The minimum absolute atomic E-state index is 0.0631. The first-order valence-electron chi connectivity index (χ1n) is 9.80. The number of esters is 1. The first-order valence-corrected chi connectivity index (χ1v) is 9.80. The lowest BCUT2D eigenvalue weighted by Gasteiger charge is -2.19. The van der Waals surface area contributed by atoms with Gasteiger partial charge in [-0.25, -0.2) is 4.79 Å². The van der Waals surface area contributed by atoms with Crippen LogP contribution in [0.25, 0.3) is 0 Å². The summed E-state index contributed by atoms with van der Waals surface area (Å²) in [5.74, 6) is 0.298. The number of carbonyl (C=O) groups is 3. The normalized spacial score (nSPS) is 28.0. The molecular weight excluding hydrogens is 354 g/mol. The van der Waals surface area contributed by atoms with Gasteiger partial charge in [-0.3, -0.25) is 14.5 Å². The second-order valence-corrected chi connectivity index (χ2v) is 8.10. The third-order valence-electron chi connectivity index (χ3n) is 6.60. The Balaban J connectivity index is 1.35. The maximum atomic E-state index is 12.9. The molecule has 0 radical (unpaired) electrons. The molecule has 4 atom stereocenters. The summed E-state index contributed by atoms with van der Waals surface area (Å²) in [7, 11) is 0. The Labute approximate surface area is 163 Å². The van der Waals surface area contributed by atoms with E-state index < -0.39 is 5.97 Å². The van der Waals surface area contributed by atoms with Gasteiger partial charge in [-0.05, 0) is 73.9 Å². The van der Waals surface area contributed by atoms with E-state index in [1.165, 1.54) is 4.90 Å². The average molecular weight is 375 g/mol. The van der Waals surface area contributed by atoms with Gasteiger partial charge in [-0.15, -0.1) is 0 Å². The molecule has 5 nitrogen and oxygen atoms in total. The molecule has 2 aromatic rings. The standard InChI is InChI=1S/C23H21NO4/c1-13-4-2-3-5-18(13)23(27)28-17-10-8-16(9-11-17)24-21(25)19-14-6-7-15(12-14)20(19)22(24)26/h2-5,8-11,14-15,19-20H,6-7,12H2,1H3/t14-,15-,19-,20+/m0/s1. The smallest absolute Gasteiger partial charge is 0.343 e. The average Bonchev–Trinajstić information content (AvgIpc) is 3.37. The molecule has 2 aromatic carbocycles. The predicted molar refractivity (Wildman–Crippen MR) is 103 cm³/mol. The topological polar surface area (TPSA) is 63.7 Å². The van der Waals surface area contributed by atoms with Crippen LogP contribution >= 0.6 is 0 Å². The van der Waals surface area contributed by atoms with Gasteiger partial charge in [0.2, 0.25) is 11.8 Å². The van der Waals surface area contributed by atoms with Crippen LogP contribution in [0.2, 0.25) is 0 Å². The molecule has 2 amide bonds. The highest BCUT2D eigenvalue weighted by Gasteiger charge is 2.61. The number of amides is 2. The van der Waals surface area contributed by atoms with E-state index in [0.717, 1.165) is 24.8 Å². The summed E-state index contributed by atoms with van der Waals surface area (Å²) in [6.07, 6.45) is 3.15. The van der Waals surface area contributed by atoms with Crippen LogP contribution in [0.15, 0.2) is 48.5 Å². The van der Waals surface area contributed by atoms with Gasteiger partial charge in [0, 0.05) is 0 Å². The number of anilines is 1. The number of nitrogens with zero attached hydrogens (tertiary/aromatic N) is 1. The van der Waals surface area contributed by atoms with E-state index in [-0.39, 0.29) is 23.7 Å². The first-order chi connectivity index (χ1) is 13.5. The molecule has 2 bridgehead atoms. The van der Waals surface area contributed by atoms with Gasteiger partial charge in [0.25, 0.3) is 0 Å². The molecule has 3 fully saturated rings. The lowest BCUT2D eigenvalue weighted by Crippen LogP contribution is -2.32. The molecule has 5 heteroatoms. The summed E-state index contributed by atoms with van der Waals surface area (Å²) < 4.78 is 5.44. The molecule has 5 rings (SSSR count). The zero-order chi connectivity index (χ0) is 19.4. The van der Waals surface area contributed by atoms with Crippen LogP contribution < -0.4 is 9.64 Å². The van der Waals surface area contributed by atoms with Gasteiger partial charge < -0.3 is 4.74 Å². The molecule has 142 valence electrons. The Morgan fingerprint density at radius 1 is 0.929 bits per heavy atom. The van der Waals surface area contributed by atoms with Gasteiger partial charge in [0.15, 0.2) is 0 Å². The van der Waals surface area contributed by atoms with Crippen molar-refractivity contribution in [3.05, 3.63) is 59.7 Å². The molecule has 2 saturated carbocycles. The summed E-state index contributed by atoms with van der Waals surface area (Å²) in [4.78, 5) is 39.5. The zero-order valence-corrected chi connectivity index (χ0v) is 15.6. The van der Waals surface area contributed by atoms with Crippen molar-refractivity contribution < 1.29 is 19.1 Å².